The van der Waals surface area contributed by atoms with E-state index < -0.39 is 17.5 Å². The fourth-order valence-electron chi connectivity index (χ4n) is 1.30. The monoisotopic (exact) mass is 235 g/mol. The molecule has 0 N–H and O–H groups in total. The molecule has 86 valence electrons. The van der Waals surface area contributed by atoms with E-state index in [1.807, 2.05) is 0 Å². The zero-order valence-corrected chi connectivity index (χ0v) is 8.70. The van der Waals surface area contributed by atoms with Crippen LogP contribution in [-0.2, 0) is 0 Å². The Labute approximate surface area is 96.2 Å². The molecule has 0 aliphatic rings. The summed E-state index contributed by atoms with van der Waals surface area (Å²) in [6.45, 7) is 0. The van der Waals surface area contributed by atoms with Crippen LogP contribution in [0.3, 0.4) is 0 Å². The number of halogens is 3. The van der Waals surface area contributed by atoms with Gasteiger partial charge in [0.25, 0.3) is 0 Å². The third-order valence-electron chi connectivity index (χ3n) is 2.16. The fraction of sp³-hybridized carbons (Fsp3) is 0. The van der Waals surface area contributed by atoms with Crippen LogP contribution in [0.25, 0.3) is 0 Å². The van der Waals surface area contributed by atoms with Crippen molar-refractivity contribution in [1.82, 2.24) is 0 Å². The highest BCUT2D eigenvalue weighted by molar-refractivity contribution is 5.82. The van der Waals surface area contributed by atoms with E-state index in [4.69, 9.17) is 0 Å². The van der Waals surface area contributed by atoms with Crippen LogP contribution in [0.5, 0.6) is 0 Å². The number of para-hydroxylation sites is 1. The Hall–Kier alpha value is -2.10. The highest BCUT2D eigenvalue weighted by atomic mass is 19.1. The summed E-state index contributed by atoms with van der Waals surface area (Å²) in [4.78, 5) is 3.80. The van der Waals surface area contributed by atoms with Crippen LogP contribution in [-0.4, -0.2) is 6.21 Å². The van der Waals surface area contributed by atoms with E-state index in [2.05, 4.69) is 4.99 Å². The Balaban J connectivity index is 2.29. The molecule has 2 aromatic carbocycles. The summed E-state index contributed by atoms with van der Waals surface area (Å²) in [7, 11) is 0. The van der Waals surface area contributed by atoms with Crippen LogP contribution in [0, 0.1) is 17.5 Å². The molecule has 0 aliphatic carbocycles. The summed E-state index contributed by atoms with van der Waals surface area (Å²) in [6.07, 6.45) is 1.16. The third kappa shape index (κ3) is 2.72. The minimum atomic E-state index is -0.731. The standard InChI is InChI=1S/C13H8F3N/c14-10-6-5-9(12(16)7-10)8-17-13-4-2-1-3-11(13)15/h1-8H. The van der Waals surface area contributed by atoms with Gasteiger partial charge in [-0.2, -0.15) is 0 Å². The van der Waals surface area contributed by atoms with Crippen molar-refractivity contribution in [3.63, 3.8) is 0 Å². The molecule has 2 aromatic rings. The molecule has 0 saturated heterocycles. The highest BCUT2D eigenvalue weighted by Crippen LogP contribution is 2.16. The maximum absolute atomic E-state index is 13.2. The second kappa shape index (κ2) is 4.82. The molecule has 2 rings (SSSR count). The Morgan fingerprint density at radius 2 is 1.65 bits per heavy atom. The zero-order valence-electron chi connectivity index (χ0n) is 8.70. The molecule has 0 unspecified atom stereocenters. The SMILES string of the molecule is Fc1ccc(C=Nc2ccccc2F)c(F)c1. The predicted molar refractivity (Wildman–Crippen MR) is 60.0 cm³/mol. The van der Waals surface area contributed by atoms with E-state index in [1.54, 1.807) is 6.07 Å². The minimum absolute atomic E-state index is 0.106. The summed E-state index contributed by atoms with van der Waals surface area (Å²) in [5.74, 6) is -1.89. The highest BCUT2D eigenvalue weighted by Gasteiger charge is 2.02. The molecule has 4 heteroatoms. The van der Waals surface area contributed by atoms with Gasteiger partial charge < -0.3 is 0 Å². The van der Waals surface area contributed by atoms with Crippen LogP contribution < -0.4 is 0 Å². The first-order valence-corrected chi connectivity index (χ1v) is 4.90. The lowest BCUT2D eigenvalue weighted by Gasteiger charge is -1.97. The lowest BCUT2D eigenvalue weighted by atomic mass is 10.2. The lowest BCUT2D eigenvalue weighted by molar-refractivity contribution is 0.582. The number of hydrogen-bond donors (Lipinski definition) is 0. The summed E-state index contributed by atoms with van der Waals surface area (Å²) >= 11 is 0. The first-order chi connectivity index (χ1) is 8.16. The van der Waals surface area contributed by atoms with Crippen molar-refractivity contribution in [3.8, 4) is 0 Å². The Kier molecular flexibility index (Phi) is 3.23. The Bertz CT molecular complexity index is 564. The van der Waals surface area contributed by atoms with E-state index in [-0.39, 0.29) is 11.3 Å². The first kappa shape index (κ1) is 11.4. The van der Waals surface area contributed by atoms with Gasteiger partial charge in [-0.1, -0.05) is 12.1 Å². The number of rotatable bonds is 2. The van der Waals surface area contributed by atoms with Crippen LogP contribution in [0.15, 0.2) is 47.5 Å². The normalized spacial score (nSPS) is 11.0. The summed E-state index contributed by atoms with van der Waals surface area (Å²) in [6, 6.07) is 8.99. The number of benzene rings is 2. The van der Waals surface area contributed by atoms with Gasteiger partial charge in [0.2, 0.25) is 0 Å². The molecule has 0 saturated carbocycles. The van der Waals surface area contributed by atoms with Crippen molar-refractivity contribution < 1.29 is 13.2 Å². The van der Waals surface area contributed by atoms with Crippen LogP contribution >= 0.6 is 0 Å². The average Bonchev–Trinajstić information content (AvgIpc) is 2.30. The molecular formula is C13H8F3N. The van der Waals surface area contributed by atoms with Gasteiger partial charge in [-0.15, -0.1) is 0 Å². The molecular weight excluding hydrogens is 227 g/mol. The molecule has 17 heavy (non-hydrogen) atoms. The van der Waals surface area contributed by atoms with E-state index in [9.17, 15) is 13.2 Å². The summed E-state index contributed by atoms with van der Waals surface area (Å²) in [5.41, 5.74) is 0.214. The molecule has 0 aromatic heterocycles. The number of aliphatic imine (C=N–C) groups is 1. The molecule has 0 bridgehead atoms. The Morgan fingerprint density at radius 3 is 2.35 bits per heavy atom. The van der Waals surface area contributed by atoms with Crippen LogP contribution in [0.2, 0.25) is 0 Å². The van der Waals surface area contributed by atoms with Gasteiger partial charge in [0.05, 0.1) is 5.69 Å². The van der Waals surface area contributed by atoms with Gasteiger partial charge >= 0.3 is 0 Å². The van der Waals surface area contributed by atoms with E-state index in [1.165, 1.54) is 24.3 Å². The number of nitrogens with zero attached hydrogens (tertiary/aromatic N) is 1. The zero-order chi connectivity index (χ0) is 12.3. The van der Waals surface area contributed by atoms with Gasteiger partial charge in [-0.3, -0.25) is 4.99 Å². The molecule has 0 fully saturated rings. The van der Waals surface area contributed by atoms with Crippen LogP contribution in [0.1, 0.15) is 5.56 Å². The van der Waals surface area contributed by atoms with Gasteiger partial charge in [0.15, 0.2) is 0 Å². The topological polar surface area (TPSA) is 12.4 Å². The molecule has 0 spiro atoms. The molecule has 0 aliphatic heterocycles. The smallest absolute Gasteiger partial charge is 0.148 e. The van der Waals surface area contributed by atoms with Gasteiger partial charge in [0, 0.05) is 17.8 Å². The number of hydrogen-bond acceptors (Lipinski definition) is 1. The lowest BCUT2D eigenvalue weighted by Crippen LogP contribution is -1.89. The molecule has 1 nitrogen and oxygen atoms in total. The summed E-state index contributed by atoms with van der Waals surface area (Å²) in [5, 5.41) is 0. The second-order valence-electron chi connectivity index (χ2n) is 3.38. The first-order valence-electron chi connectivity index (χ1n) is 4.90. The Morgan fingerprint density at radius 1 is 0.882 bits per heavy atom. The van der Waals surface area contributed by atoms with Gasteiger partial charge in [-0.05, 0) is 24.3 Å². The minimum Gasteiger partial charge on any atom is -0.253 e. The van der Waals surface area contributed by atoms with Gasteiger partial charge in [0.1, 0.15) is 17.5 Å². The maximum Gasteiger partial charge on any atom is 0.148 e. The fourth-order valence-corrected chi connectivity index (χ4v) is 1.30. The van der Waals surface area contributed by atoms with Gasteiger partial charge in [-0.25, -0.2) is 13.2 Å². The maximum atomic E-state index is 13.2. The molecule has 0 atom stereocenters. The van der Waals surface area contributed by atoms with E-state index in [0.717, 1.165) is 18.3 Å². The quantitative estimate of drug-likeness (QED) is 0.701. The van der Waals surface area contributed by atoms with Crippen LogP contribution in [0.4, 0.5) is 18.9 Å². The van der Waals surface area contributed by atoms with E-state index in [0.29, 0.717) is 0 Å². The largest absolute Gasteiger partial charge is 0.253 e. The molecule has 0 amide bonds. The predicted octanol–water partition coefficient (Wildman–Crippen LogP) is 3.85. The van der Waals surface area contributed by atoms with Crippen molar-refractivity contribution >= 4 is 11.9 Å². The summed E-state index contributed by atoms with van der Waals surface area (Å²) < 4.78 is 39.0. The second-order valence-corrected chi connectivity index (χ2v) is 3.38. The van der Waals surface area contributed by atoms with Crippen molar-refractivity contribution in [1.29, 1.82) is 0 Å². The molecule has 0 heterocycles. The molecule has 0 radical (unpaired) electrons. The average molecular weight is 235 g/mol. The van der Waals surface area contributed by atoms with E-state index >= 15 is 0 Å². The van der Waals surface area contributed by atoms with Crippen molar-refractivity contribution in [2.75, 3.05) is 0 Å². The van der Waals surface area contributed by atoms with Crippen molar-refractivity contribution in [3.05, 3.63) is 65.5 Å². The van der Waals surface area contributed by atoms with Crippen molar-refractivity contribution in [2.24, 2.45) is 4.99 Å². The van der Waals surface area contributed by atoms with Crippen molar-refractivity contribution in [2.45, 2.75) is 0 Å². The third-order valence-corrected chi connectivity index (χ3v) is 2.16.